The molecule has 0 radical (unpaired) electrons. The van der Waals surface area contributed by atoms with Gasteiger partial charge in [0, 0.05) is 0 Å². The van der Waals surface area contributed by atoms with Gasteiger partial charge in [-0.2, -0.15) is 8.15 Å². The zero-order chi connectivity index (χ0) is 10.0. The van der Waals surface area contributed by atoms with Crippen LogP contribution in [0.1, 0.15) is 13.8 Å². The molecule has 0 aromatic heterocycles. The van der Waals surface area contributed by atoms with E-state index in [-0.39, 0.29) is 0 Å². The summed E-state index contributed by atoms with van der Waals surface area (Å²) in [6, 6.07) is 0. The summed E-state index contributed by atoms with van der Waals surface area (Å²) < 4.78 is 16.4. The quantitative estimate of drug-likeness (QED) is 0.736. The normalized spacial score (nSPS) is 10.4. The lowest BCUT2D eigenvalue weighted by Crippen LogP contribution is -2.09. The first-order valence-electron chi connectivity index (χ1n) is 3.18. The van der Waals surface area contributed by atoms with Gasteiger partial charge in [-0.1, -0.05) is 13.8 Å². The van der Waals surface area contributed by atoms with Crippen molar-refractivity contribution in [1.82, 2.24) is 5.32 Å². The molecule has 0 aliphatic carbocycles. The van der Waals surface area contributed by atoms with E-state index in [0.29, 0.717) is 0 Å². The van der Waals surface area contributed by atoms with Crippen molar-refractivity contribution in [2.75, 3.05) is 13.1 Å². The first-order valence-corrected chi connectivity index (χ1v) is 5.29. The number of hydrogen-bond acceptors (Lipinski definition) is 4. The molecule has 12 heavy (non-hydrogen) atoms. The SMILES string of the molecule is CCNCC.O=P(O)(OCl)OCl. The molecule has 8 heteroatoms. The minimum Gasteiger partial charge on any atom is -0.317 e. The Morgan fingerprint density at radius 3 is 1.67 bits per heavy atom. The largest absolute Gasteiger partial charge is 0.505 e. The lowest BCUT2D eigenvalue weighted by atomic mass is 10.7. The molecule has 2 N–H and O–H groups in total. The van der Waals surface area contributed by atoms with Crippen LogP contribution < -0.4 is 5.32 Å². The van der Waals surface area contributed by atoms with Crippen LogP contribution in [0.15, 0.2) is 0 Å². The van der Waals surface area contributed by atoms with Crippen molar-refractivity contribution >= 4 is 31.6 Å². The van der Waals surface area contributed by atoms with Crippen molar-refractivity contribution in [3.8, 4) is 0 Å². The van der Waals surface area contributed by atoms with Crippen molar-refractivity contribution in [3.63, 3.8) is 0 Å². The first-order chi connectivity index (χ1) is 5.54. The van der Waals surface area contributed by atoms with E-state index in [2.05, 4.69) is 51.0 Å². The molecule has 0 heterocycles. The van der Waals surface area contributed by atoms with Gasteiger partial charge < -0.3 is 10.2 Å². The molecule has 0 rings (SSSR count). The maximum atomic E-state index is 9.80. The second-order valence-corrected chi connectivity index (χ2v) is 3.60. The van der Waals surface area contributed by atoms with Crippen LogP contribution in [0.3, 0.4) is 0 Å². The van der Waals surface area contributed by atoms with Crippen LogP contribution in [0.2, 0.25) is 0 Å². The standard InChI is InChI=1S/C4H11N.Cl2HO4P/c1-3-5-4-2;1-5-7(3,4)6-2/h5H,3-4H2,1-2H3;(H,3,4). The summed E-state index contributed by atoms with van der Waals surface area (Å²) in [5.74, 6) is 0. The molecule has 0 amide bonds. The zero-order valence-corrected chi connectivity index (χ0v) is 9.20. The van der Waals surface area contributed by atoms with Crippen LogP contribution in [0, 0.1) is 0 Å². The topological polar surface area (TPSA) is 67.8 Å². The number of halogens is 2. The molecule has 0 aromatic rings. The lowest BCUT2D eigenvalue weighted by Gasteiger charge is -1.95. The number of rotatable bonds is 4. The monoisotopic (exact) mass is 239 g/mol. The Morgan fingerprint density at radius 2 is 1.67 bits per heavy atom. The highest BCUT2D eigenvalue weighted by Gasteiger charge is 2.18. The highest BCUT2D eigenvalue weighted by atomic mass is 35.5. The van der Waals surface area contributed by atoms with E-state index < -0.39 is 7.82 Å². The molecule has 0 atom stereocenters. The van der Waals surface area contributed by atoms with Crippen LogP contribution >= 0.6 is 31.6 Å². The number of phosphoric acid groups is 1. The van der Waals surface area contributed by atoms with Gasteiger partial charge in [0.1, 0.15) is 0 Å². The Labute approximate surface area is 81.9 Å². The van der Waals surface area contributed by atoms with Gasteiger partial charge >= 0.3 is 7.82 Å². The third-order valence-corrected chi connectivity index (χ3v) is 2.07. The summed E-state index contributed by atoms with van der Waals surface area (Å²) in [6.45, 7) is 6.39. The fraction of sp³-hybridized carbons (Fsp3) is 1.00. The summed E-state index contributed by atoms with van der Waals surface area (Å²) in [7, 11) is -4.12. The van der Waals surface area contributed by atoms with Gasteiger partial charge in [-0.15, -0.1) is 0 Å². The maximum absolute atomic E-state index is 9.80. The molecule has 0 aromatic carbocycles. The Kier molecular flexibility index (Phi) is 12.3. The van der Waals surface area contributed by atoms with Crippen LogP contribution in [0.25, 0.3) is 0 Å². The predicted octanol–water partition coefficient (Wildman–Crippen LogP) is 2.04. The Balaban J connectivity index is 0. The fourth-order valence-electron chi connectivity index (χ4n) is 0.261. The van der Waals surface area contributed by atoms with Gasteiger partial charge in [0.15, 0.2) is 0 Å². The van der Waals surface area contributed by atoms with E-state index in [9.17, 15) is 4.57 Å². The van der Waals surface area contributed by atoms with Gasteiger partial charge in [0.05, 0.1) is 23.7 Å². The molecule has 76 valence electrons. The number of nitrogens with one attached hydrogen (secondary N) is 1. The third kappa shape index (κ3) is 13.3. The van der Waals surface area contributed by atoms with Gasteiger partial charge in [-0.25, -0.2) is 4.57 Å². The molecule has 0 spiro atoms. The molecule has 5 nitrogen and oxygen atoms in total. The minimum absolute atomic E-state index is 1.09. The van der Waals surface area contributed by atoms with Crippen molar-refractivity contribution in [1.29, 1.82) is 0 Å². The van der Waals surface area contributed by atoms with Gasteiger partial charge in [-0.3, -0.25) is 0 Å². The molecular formula is C4H12Cl2NO4P. The molecule has 0 bridgehead atoms. The van der Waals surface area contributed by atoms with Crippen LogP contribution in [0.4, 0.5) is 0 Å². The van der Waals surface area contributed by atoms with E-state index in [0.717, 1.165) is 13.1 Å². The van der Waals surface area contributed by atoms with E-state index in [1.807, 2.05) is 0 Å². The average molecular weight is 240 g/mol. The lowest BCUT2D eigenvalue weighted by molar-refractivity contribution is 0.310. The minimum atomic E-state index is -4.12. The number of hydrogen-bond donors (Lipinski definition) is 2. The first kappa shape index (κ1) is 15.1. The Bertz CT molecular complexity index is 126. The zero-order valence-electron chi connectivity index (χ0n) is 6.79. The smallest absolute Gasteiger partial charge is 0.317 e. The predicted molar refractivity (Wildman–Crippen MR) is 47.9 cm³/mol. The molecule has 0 fully saturated rings. The highest BCUT2D eigenvalue weighted by Crippen LogP contribution is 2.45. The summed E-state index contributed by atoms with van der Waals surface area (Å²) in [5, 5.41) is 3.11. The van der Waals surface area contributed by atoms with E-state index in [4.69, 9.17) is 4.89 Å². The Hall–Kier alpha value is 0.650. The van der Waals surface area contributed by atoms with E-state index >= 15 is 0 Å². The molecular weight excluding hydrogens is 228 g/mol. The van der Waals surface area contributed by atoms with E-state index in [1.165, 1.54) is 0 Å². The van der Waals surface area contributed by atoms with E-state index in [1.54, 1.807) is 0 Å². The molecule has 0 saturated carbocycles. The molecule has 0 aliphatic heterocycles. The summed E-state index contributed by atoms with van der Waals surface area (Å²) in [5.41, 5.74) is 0. The second kappa shape index (κ2) is 9.74. The molecule has 0 unspecified atom stereocenters. The van der Waals surface area contributed by atoms with Gasteiger partial charge in [-0.05, 0) is 13.1 Å². The third-order valence-electron chi connectivity index (χ3n) is 0.674. The molecule has 0 saturated heterocycles. The van der Waals surface area contributed by atoms with Crippen molar-refractivity contribution in [2.24, 2.45) is 0 Å². The second-order valence-electron chi connectivity index (χ2n) is 1.56. The average Bonchev–Trinajstić information content (AvgIpc) is 2.07. The van der Waals surface area contributed by atoms with Crippen LogP contribution in [0.5, 0.6) is 0 Å². The highest BCUT2D eigenvalue weighted by molar-refractivity contribution is 7.49. The van der Waals surface area contributed by atoms with Crippen LogP contribution in [-0.2, 0) is 12.7 Å². The fourth-order valence-corrected chi connectivity index (χ4v) is 0.537. The van der Waals surface area contributed by atoms with Crippen molar-refractivity contribution < 1.29 is 17.6 Å². The van der Waals surface area contributed by atoms with Crippen LogP contribution in [-0.4, -0.2) is 18.0 Å². The van der Waals surface area contributed by atoms with Crippen molar-refractivity contribution in [3.05, 3.63) is 0 Å². The van der Waals surface area contributed by atoms with Gasteiger partial charge in [0.25, 0.3) is 0 Å². The van der Waals surface area contributed by atoms with Gasteiger partial charge in [0.2, 0.25) is 0 Å². The summed E-state index contributed by atoms with van der Waals surface area (Å²) in [4.78, 5) is 7.98. The summed E-state index contributed by atoms with van der Waals surface area (Å²) in [6.07, 6.45) is 0. The molecule has 0 aliphatic rings. The summed E-state index contributed by atoms with van der Waals surface area (Å²) >= 11 is 8.74. The van der Waals surface area contributed by atoms with Crippen molar-refractivity contribution in [2.45, 2.75) is 13.8 Å². The maximum Gasteiger partial charge on any atom is 0.505 e. The Morgan fingerprint density at radius 1 is 1.33 bits per heavy atom.